The summed E-state index contributed by atoms with van der Waals surface area (Å²) in [6.45, 7) is 2.13. The molecule has 2 nitrogen and oxygen atoms in total. The van der Waals surface area contributed by atoms with Gasteiger partial charge in [-0.2, -0.15) is 0 Å². The third-order valence-corrected chi connectivity index (χ3v) is 7.22. The lowest BCUT2D eigenvalue weighted by molar-refractivity contribution is 1.17. The van der Waals surface area contributed by atoms with Crippen LogP contribution in [-0.2, 0) is 0 Å². The first kappa shape index (κ1) is 21.5. The number of hydrogen-bond acceptors (Lipinski definition) is 1. The van der Waals surface area contributed by atoms with Crippen molar-refractivity contribution in [1.29, 1.82) is 0 Å². The van der Waals surface area contributed by atoms with Crippen LogP contribution in [0.25, 0.3) is 49.4 Å². The predicted octanol–water partition coefficient (Wildman–Crippen LogP) is 9.66. The summed E-state index contributed by atoms with van der Waals surface area (Å²) >= 11 is 0. The molecule has 37 heavy (non-hydrogen) atoms. The number of hydrogen-bond donors (Lipinski definition) is 1. The van der Waals surface area contributed by atoms with Crippen molar-refractivity contribution in [2.75, 3.05) is 5.32 Å². The molecule has 2 heteroatoms. The molecular weight excluding hydrogens is 448 g/mol. The molecule has 0 saturated heterocycles. The number of fused-ring (bicyclic) bond motifs is 4. The highest BCUT2D eigenvalue weighted by Gasteiger charge is 2.12. The molecule has 0 aliphatic rings. The lowest BCUT2D eigenvalue weighted by atomic mass is 10.0. The summed E-state index contributed by atoms with van der Waals surface area (Å²) in [5.74, 6) is 0. The summed E-state index contributed by atoms with van der Waals surface area (Å²) in [5, 5.41) is 8.65. The molecule has 0 aliphatic carbocycles. The Morgan fingerprint density at radius 1 is 0.486 bits per heavy atom. The van der Waals surface area contributed by atoms with Gasteiger partial charge in [0.05, 0.1) is 11.0 Å². The van der Waals surface area contributed by atoms with Crippen LogP contribution in [0.2, 0.25) is 0 Å². The molecule has 0 atom stereocenters. The molecule has 1 N–H and O–H groups in total. The Kier molecular flexibility index (Phi) is 5.04. The van der Waals surface area contributed by atoms with Crippen molar-refractivity contribution in [2.45, 2.75) is 6.92 Å². The van der Waals surface area contributed by atoms with Crippen LogP contribution in [0.1, 0.15) is 5.56 Å². The van der Waals surface area contributed by atoms with E-state index in [2.05, 4.69) is 150 Å². The molecule has 0 saturated carbocycles. The number of benzene rings is 6. The van der Waals surface area contributed by atoms with E-state index in [1.165, 1.54) is 55.0 Å². The maximum absolute atomic E-state index is 3.62. The highest BCUT2D eigenvalue weighted by Crippen LogP contribution is 2.34. The SMILES string of the molecule is Cc1ccc(-n2c3ccccc3c3cc(Nc4ccc(-c5ccc6ccccc6c5)cc4)ccc32)cc1. The van der Waals surface area contributed by atoms with Crippen molar-refractivity contribution in [2.24, 2.45) is 0 Å². The number of anilines is 2. The summed E-state index contributed by atoms with van der Waals surface area (Å²) in [7, 11) is 0. The largest absolute Gasteiger partial charge is 0.356 e. The fourth-order valence-electron chi connectivity index (χ4n) is 5.30. The zero-order chi connectivity index (χ0) is 24.8. The standard InChI is InChI=1S/C35H26N2/c1-24-10-19-31(20-11-24)37-34-9-5-4-8-32(34)33-23-30(18-21-35(33)37)36-29-16-14-26(15-17-29)28-13-12-25-6-2-3-7-27(25)22-28/h2-23,36H,1H3. The molecule has 0 unspecified atom stereocenters. The molecule has 0 spiro atoms. The average Bonchev–Trinajstić information content (AvgIpc) is 3.27. The molecule has 7 rings (SSSR count). The van der Waals surface area contributed by atoms with E-state index in [-0.39, 0.29) is 0 Å². The molecule has 0 fully saturated rings. The van der Waals surface area contributed by atoms with Gasteiger partial charge in [-0.1, -0.05) is 84.4 Å². The number of rotatable bonds is 4. The minimum Gasteiger partial charge on any atom is -0.356 e. The van der Waals surface area contributed by atoms with Crippen molar-refractivity contribution in [1.82, 2.24) is 4.57 Å². The van der Waals surface area contributed by atoms with Crippen LogP contribution in [0.15, 0.2) is 133 Å². The molecule has 6 aromatic carbocycles. The summed E-state index contributed by atoms with van der Waals surface area (Å²) in [6, 6.07) is 47.9. The molecule has 1 heterocycles. The van der Waals surface area contributed by atoms with Crippen molar-refractivity contribution in [3.8, 4) is 16.8 Å². The van der Waals surface area contributed by atoms with Crippen LogP contribution < -0.4 is 5.32 Å². The molecular formula is C35H26N2. The summed E-state index contributed by atoms with van der Waals surface area (Å²) in [4.78, 5) is 0. The van der Waals surface area contributed by atoms with Crippen molar-refractivity contribution in [3.05, 3.63) is 139 Å². The van der Waals surface area contributed by atoms with E-state index < -0.39 is 0 Å². The van der Waals surface area contributed by atoms with Gasteiger partial charge in [0.15, 0.2) is 0 Å². The molecule has 0 bridgehead atoms. The molecule has 176 valence electrons. The van der Waals surface area contributed by atoms with Gasteiger partial charge in [0.25, 0.3) is 0 Å². The number of nitrogens with one attached hydrogen (secondary N) is 1. The van der Waals surface area contributed by atoms with Gasteiger partial charge < -0.3 is 9.88 Å². The molecule has 0 radical (unpaired) electrons. The van der Waals surface area contributed by atoms with E-state index in [1.807, 2.05) is 0 Å². The van der Waals surface area contributed by atoms with Crippen LogP contribution in [-0.4, -0.2) is 4.57 Å². The van der Waals surface area contributed by atoms with Gasteiger partial charge in [-0.25, -0.2) is 0 Å². The van der Waals surface area contributed by atoms with Gasteiger partial charge in [0.1, 0.15) is 0 Å². The second-order valence-corrected chi connectivity index (χ2v) is 9.68. The number of aromatic nitrogens is 1. The Labute approximate surface area is 216 Å². The van der Waals surface area contributed by atoms with E-state index in [1.54, 1.807) is 0 Å². The summed E-state index contributed by atoms with van der Waals surface area (Å²) in [5.41, 5.74) is 9.48. The van der Waals surface area contributed by atoms with E-state index in [0.29, 0.717) is 0 Å². The monoisotopic (exact) mass is 474 g/mol. The topological polar surface area (TPSA) is 17.0 Å². The third-order valence-electron chi connectivity index (χ3n) is 7.22. The van der Waals surface area contributed by atoms with Crippen LogP contribution in [0, 0.1) is 6.92 Å². The number of aryl methyl sites for hydroxylation is 1. The minimum absolute atomic E-state index is 1.08. The maximum Gasteiger partial charge on any atom is 0.0542 e. The Morgan fingerprint density at radius 3 is 2.00 bits per heavy atom. The van der Waals surface area contributed by atoms with Gasteiger partial charge in [0, 0.05) is 27.8 Å². The second kappa shape index (κ2) is 8.69. The first-order chi connectivity index (χ1) is 18.2. The van der Waals surface area contributed by atoms with Crippen LogP contribution in [0.3, 0.4) is 0 Å². The first-order valence-corrected chi connectivity index (χ1v) is 12.7. The van der Waals surface area contributed by atoms with Gasteiger partial charge >= 0.3 is 0 Å². The normalized spacial score (nSPS) is 11.4. The third kappa shape index (κ3) is 3.84. The number of nitrogens with zero attached hydrogens (tertiary/aromatic N) is 1. The van der Waals surface area contributed by atoms with E-state index in [9.17, 15) is 0 Å². The molecule has 7 aromatic rings. The van der Waals surface area contributed by atoms with Crippen LogP contribution in [0.5, 0.6) is 0 Å². The summed E-state index contributed by atoms with van der Waals surface area (Å²) in [6.07, 6.45) is 0. The van der Waals surface area contributed by atoms with Gasteiger partial charge in [-0.3, -0.25) is 0 Å². The zero-order valence-corrected chi connectivity index (χ0v) is 20.6. The minimum atomic E-state index is 1.08. The van der Waals surface area contributed by atoms with Crippen LogP contribution >= 0.6 is 0 Å². The Bertz CT molecular complexity index is 1890. The van der Waals surface area contributed by atoms with Crippen LogP contribution in [0.4, 0.5) is 11.4 Å². The first-order valence-electron chi connectivity index (χ1n) is 12.7. The zero-order valence-electron chi connectivity index (χ0n) is 20.6. The summed E-state index contributed by atoms with van der Waals surface area (Å²) < 4.78 is 2.35. The fourth-order valence-corrected chi connectivity index (χ4v) is 5.30. The van der Waals surface area contributed by atoms with E-state index in [4.69, 9.17) is 0 Å². The smallest absolute Gasteiger partial charge is 0.0542 e. The molecule has 0 amide bonds. The predicted molar refractivity (Wildman–Crippen MR) is 158 cm³/mol. The van der Waals surface area contributed by atoms with Gasteiger partial charge in [-0.05, 0) is 83.4 Å². The fraction of sp³-hybridized carbons (Fsp3) is 0.0286. The van der Waals surface area contributed by atoms with E-state index >= 15 is 0 Å². The highest BCUT2D eigenvalue weighted by atomic mass is 15.0. The average molecular weight is 475 g/mol. The lowest BCUT2D eigenvalue weighted by Gasteiger charge is -2.10. The van der Waals surface area contributed by atoms with Gasteiger partial charge in [0.2, 0.25) is 0 Å². The Morgan fingerprint density at radius 2 is 1.16 bits per heavy atom. The quantitative estimate of drug-likeness (QED) is 0.269. The van der Waals surface area contributed by atoms with Crippen molar-refractivity contribution >= 4 is 44.0 Å². The lowest BCUT2D eigenvalue weighted by Crippen LogP contribution is -1.94. The van der Waals surface area contributed by atoms with Crippen molar-refractivity contribution in [3.63, 3.8) is 0 Å². The molecule has 1 aromatic heterocycles. The van der Waals surface area contributed by atoms with Gasteiger partial charge in [-0.15, -0.1) is 0 Å². The number of para-hydroxylation sites is 1. The molecule has 0 aliphatic heterocycles. The van der Waals surface area contributed by atoms with E-state index in [0.717, 1.165) is 11.4 Å². The van der Waals surface area contributed by atoms with Crippen molar-refractivity contribution < 1.29 is 0 Å². The second-order valence-electron chi connectivity index (χ2n) is 9.68. The Balaban J connectivity index is 1.23. The highest BCUT2D eigenvalue weighted by molar-refractivity contribution is 6.10. The maximum atomic E-state index is 3.62. The Hall–Kier alpha value is -4.82.